The minimum Gasteiger partial charge on any atom is -0.507 e. The normalized spacial score (nSPS) is 45.0. The third kappa shape index (κ3) is 1.94. The summed E-state index contributed by atoms with van der Waals surface area (Å²) in [6.07, 6.45) is 4.88. The van der Waals surface area contributed by atoms with Gasteiger partial charge >= 0.3 is 0 Å². The van der Waals surface area contributed by atoms with Gasteiger partial charge in [-0.15, -0.1) is 0 Å². The summed E-state index contributed by atoms with van der Waals surface area (Å²) in [6, 6.07) is 0. The van der Waals surface area contributed by atoms with Gasteiger partial charge < -0.3 is 10.2 Å². The van der Waals surface area contributed by atoms with Crippen LogP contribution in [0, 0.1) is 34.5 Å². The molecule has 4 rings (SSSR count). The monoisotopic (exact) mass is 358 g/mol. The molecular formula is C21H26O5. The van der Waals surface area contributed by atoms with Crippen molar-refractivity contribution in [2.75, 3.05) is 0 Å². The Morgan fingerprint density at radius 3 is 2.50 bits per heavy atom. The van der Waals surface area contributed by atoms with Crippen molar-refractivity contribution in [1.29, 1.82) is 0 Å². The van der Waals surface area contributed by atoms with Crippen molar-refractivity contribution in [2.24, 2.45) is 34.5 Å². The number of carbonyl (C=O) groups excluding carboxylic acids is 3. The molecule has 5 nitrogen and oxygen atoms in total. The second kappa shape index (κ2) is 5.30. The predicted octanol–water partition coefficient (Wildman–Crippen LogP) is 3.45. The first kappa shape index (κ1) is 17.5. The zero-order valence-electron chi connectivity index (χ0n) is 15.5. The highest BCUT2D eigenvalue weighted by Gasteiger charge is 2.64. The Morgan fingerprint density at radius 1 is 1.15 bits per heavy atom. The summed E-state index contributed by atoms with van der Waals surface area (Å²) in [4.78, 5) is 37.4. The molecule has 0 radical (unpaired) electrons. The number of rotatable bonds is 1. The van der Waals surface area contributed by atoms with E-state index in [0.29, 0.717) is 12.8 Å². The fraction of sp³-hybridized carbons (Fsp3) is 0.667. The summed E-state index contributed by atoms with van der Waals surface area (Å²) < 4.78 is 0. The first-order valence-corrected chi connectivity index (χ1v) is 9.53. The molecule has 0 spiro atoms. The van der Waals surface area contributed by atoms with Crippen molar-refractivity contribution in [1.82, 2.24) is 0 Å². The summed E-state index contributed by atoms with van der Waals surface area (Å²) in [5.74, 6) is -1.57. The number of hydrogen-bond donors (Lipinski definition) is 2. The molecule has 26 heavy (non-hydrogen) atoms. The van der Waals surface area contributed by atoms with Gasteiger partial charge in [-0.3, -0.25) is 14.4 Å². The number of allylic oxidation sites excluding steroid dienone is 2. The van der Waals surface area contributed by atoms with Gasteiger partial charge in [-0.2, -0.15) is 0 Å². The number of aliphatic hydroxyl groups is 2. The molecule has 0 amide bonds. The molecule has 5 heteroatoms. The van der Waals surface area contributed by atoms with E-state index in [4.69, 9.17) is 0 Å². The molecule has 0 bridgehead atoms. The fourth-order valence-corrected chi connectivity index (χ4v) is 6.86. The van der Waals surface area contributed by atoms with Crippen LogP contribution in [0.1, 0.15) is 52.9 Å². The van der Waals surface area contributed by atoms with Crippen molar-refractivity contribution < 1.29 is 24.6 Å². The third-order valence-corrected chi connectivity index (χ3v) is 8.04. The van der Waals surface area contributed by atoms with Crippen molar-refractivity contribution in [3.8, 4) is 0 Å². The average Bonchev–Trinajstić information content (AvgIpc) is 2.91. The third-order valence-electron chi connectivity index (χ3n) is 8.04. The SMILES string of the molecule is CC(=O)[C@H]1CC[C@H]2[C@@H]3CCC4=CC(=O)C(O)=C(O)[C@]4(C)[C@H]3C(=O)C[C@]12C. The highest BCUT2D eigenvalue weighted by atomic mass is 16.3. The second-order valence-electron chi connectivity index (χ2n) is 9.11. The second-order valence-corrected chi connectivity index (χ2v) is 9.11. The Bertz CT molecular complexity index is 790. The van der Waals surface area contributed by atoms with E-state index in [2.05, 4.69) is 6.92 Å². The van der Waals surface area contributed by atoms with E-state index >= 15 is 0 Å². The topological polar surface area (TPSA) is 91.7 Å². The van der Waals surface area contributed by atoms with Crippen LogP contribution in [-0.2, 0) is 14.4 Å². The van der Waals surface area contributed by atoms with E-state index in [1.54, 1.807) is 13.8 Å². The zero-order chi connectivity index (χ0) is 19.0. The minimum absolute atomic E-state index is 0.0451. The van der Waals surface area contributed by atoms with Crippen LogP contribution in [0.2, 0.25) is 0 Å². The number of ketones is 3. The molecule has 0 aliphatic heterocycles. The summed E-state index contributed by atoms with van der Waals surface area (Å²) in [7, 11) is 0. The van der Waals surface area contributed by atoms with Crippen LogP contribution in [-0.4, -0.2) is 27.6 Å². The van der Waals surface area contributed by atoms with Gasteiger partial charge in [0.1, 0.15) is 17.3 Å². The quantitative estimate of drug-likeness (QED) is 0.749. The van der Waals surface area contributed by atoms with Crippen LogP contribution in [0.5, 0.6) is 0 Å². The summed E-state index contributed by atoms with van der Waals surface area (Å²) in [5.41, 5.74) is -0.571. The molecule has 0 saturated heterocycles. The lowest BCUT2D eigenvalue weighted by Crippen LogP contribution is -2.56. The molecule has 140 valence electrons. The minimum atomic E-state index is -1.01. The number of aliphatic hydroxyl groups excluding tert-OH is 2. The van der Waals surface area contributed by atoms with Crippen LogP contribution >= 0.6 is 0 Å². The molecule has 0 heterocycles. The molecule has 0 aromatic carbocycles. The summed E-state index contributed by atoms with van der Waals surface area (Å²) >= 11 is 0. The van der Waals surface area contributed by atoms with E-state index in [0.717, 1.165) is 24.8 Å². The molecule has 3 saturated carbocycles. The first-order valence-electron chi connectivity index (χ1n) is 9.53. The van der Waals surface area contributed by atoms with Crippen LogP contribution in [0.15, 0.2) is 23.2 Å². The van der Waals surface area contributed by atoms with Gasteiger partial charge in [-0.25, -0.2) is 0 Å². The Balaban J connectivity index is 1.80. The van der Waals surface area contributed by atoms with E-state index in [-0.39, 0.29) is 40.5 Å². The summed E-state index contributed by atoms with van der Waals surface area (Å²) in [5, 5.41) is 20.7. The number of Topliss-reactive ketones (excluding diaryl/α,β-unsaturated/α-hetero) is 2. The Kier molecular flexibility index (Phi) is 3.57. The van der Waals surface area contributed by atoms with Gasteiger partial charge in [-0.05, 0) is 62.9 Å². The lowest BCUT2D eigenvalue weighted by atomic mass is 9.46. The van der Waals surface area contributed by atoms with E-state index in [1.165, 1.54) is 6.08 Å². The fourth-order valence-electron chi connectivity index (χ4n) is 6.86. The number of hydrogen-bond acceptors (Lipinski definition) is 5. The van der Waals surface area contributed by atoms with Gasteiger partial charge in [0, 0.05) is 18.3 Å². The molecule has 2 N–H and O–H groups in total. The molecule has 0 unspecified atom stereocenters. The van der Waals surface area contributed by atoms with Crippen molar-refractivity contribution in [3.05, 3.63) is 23.2 Å². The standard InChI is InChI=1S/C21H26O5/c1-10(22)13-6-7-14-12-5-4-11-8-15(23)18(25)19(26)21(11,3)17(12)16(24)9-20(13,14)2/h8,12-14,17,25-26H,4-7,9H2,1-3H3/t12-,13+,14-,17+,20+,21-/m0/s1. The molecule has 3 fully saturated rings. The Hall–Kier alpha value is -1.91. The highest BCUT2D eigenvalue weighted by molar-refractivity contribution is 6.05. The first-order chi connectivity index (χ1) is 12.1. The maximum atomic E-state index is 13.3. The molecule has 4 aliphatic rings. The Morgan fingerprint density at radius 2 is 1.85 bits per heavy atom. The van der Waals surface area contributed by atoms with Gasteiger partial charge in [0.05, 0.1) is 5.41 Å². The highest BCUT2D eigenvalue weighted by Crippen LogP contribution is 2.66. The van der Waals surface area contributed by atoms with Gasteiger partial charge in [0.25, 0.3) is 0 Å². The Labute approximate surface area is 153 Å². The maximum Gasteiger partial charge on any atom is 0.223 e. The van der Waals surface area contributed by atoms with Gasteiger partial charge in [-0.1, -0.05) is 12.5 Å². The maximum absolute atomic E-state index is 13.3. The van der Waals surface area contributed by atoms with Crippen LogP contribution in [0.4, 0.5) is 0 Å². The van der Waals surface area contributed by atoms with Crippen molar-refractivity contribution in [2.45, 2.75) is 52.9 Å². The zero-order valence-corrected chi connectivity index (χ0v) is 15.5. The van der Waals surface area contributed by atoms with Crippen LogP contribution in [0.3, 0.4) is 0 Å². The van der Waals surface area contributed by atoms with Crippen LogP contribution < -0.4 is 0 Å². The molecule has 0 aromatic heterocycles. The largest absolute Gasteiger partial charge is 0.507 e. The van der Waals surface area contributed by atoms with Crippen molar-refractivity contribution in [3.63, 3.8) is 0 Å². The van der Waals surface area contributed by atoms with Gasteiger partial charge in [0.2, 0.25) is 11.5 Å². The smallest absolute Gasteiger partial charge is 0.223 e. The molecular weight excluding hydrogens is 332 g/mol. The van der Waals surface area contributed by atoms with E-state index in [1.807, 2.05) is 0 Å². The van der Waals surface area contributed by atoms with E-state index in [9.17, 15) is 24.6 Å². The van der Waals surface area contributed by atoms with E-state index < -0.39 is 22.9 Å². The number of fused-ring (bicyclic) bond motifs is 5. The molecule has 6 atom stereocenters. The molecule has 0 aromatic rings. The predicted molar refractivity (Wildman–Crippen MR) is 94.3 cm³/mol. The summed E-state index contributed by atoms with van der Waals surface area (Å²) in [6.45, 7) is 5.49. The van der Waals surface area contributed by atoms with Crippen molar-refractivity contribution >= 4 is 17.3 Å². The average molecular weight is 358 g/mol. The lowest BCUT2D eigenvalue weighted by molar-refractivity contribution is -0.147. The number of carbonyl (C=O) groups is 3. The molecule has 4 aliphatic carbocycles. The van der Waals surface area contributed by atoms with Gasteiger partial charge in [0.15, 0.2) is 0 Å². The van der Waals surface area contributed by atoms with Crippen LogP contribution in [0.25, 0.3) is 0 Å². The lowest BCUT2D eigenvalue weighted by Gasteiger charge is -2.56.